The van der Waals surface area contributed by atoms with E-state index in [1.165, 1.54) is 19.3 Å². The molecule has 3 heteroatoms. The number of nitrogens with two attached hydrogens (primary N) is 1. The second-order valence-corrected chi connectivity index (χ2v) is 4.49. The minimum Gasteiger partial charge on any atom is -0.338 e. The molecule has 0 aromatic carbocycles. The van der Waals surface area contributed by atoms with Gasteiger partial charge in [0.1, 0.15) is 0 Å². The highest BCUT2D eigenvalue weighted by Crippen LogP contribution is 2.31. The Hall–Kier alpha value is -0.570. The number of hydrogen-bond donors (Lipinski definition) is 1. The van der Waals surface area contributed by atoms with Crippen molar-refractivity contribution in [2.75, 3.05) is 6.54 Å². The van der Waals surface area contributed by atoms with Gasteiger partial charge in [-0.2, -0.15) is 0 Å². The van der Waals surface area contributed by atoms with Crippen molar-refractivity contribution in [3.63, 3.8) is 0 Å². The third kappa shape index (κ3) is 1.57. The third-order valence-electron chi connectivity index (χ3n) is 3.40. The zero-order chi connectivity index (χ0) is 9.42. The second-order valence-electron chi connectivity index (χ2n) is 4.49. The molecule has 2 aliphatic rings. The van der Waals surface area contributed by atoms with Crippen LogP contribution in [0.3, 0.4) is 0 Å². The second kappa shape index (κ2) is 3.29. The average molecular weight is 182 g/mol. The van der Waals surface area contributed by atoms with Crippen molar-refractivity contribution in [1.82, 2.24) is 4.90 Å². The lowest BCUT2D eigenvalue weighted by Crippen LogP contribution is -2.39. The lowest BCUT2D eigenvalue weighted by Gasteiger charge is -2.27. The number of rotatable bonds is 1. The Morgan fingerprint density at radius 1 is 1.46 bits per heavy atom. The number of carbonyl (C=O) groups is 1. The van der Waals surface area contributed by atoms with Gasteiger partial charge in [-0.1, -0.05) is 13.3 Å². The third-order valence-corrected chi connectivity index (χ3v) is 3.40. The Kier molecular flexibility index (Phi) is 2.28. The van der Waals surface area contributed by atoms with Crippen molar-refractivity contribution < 1.29 is 4.79 Å². The van der Waals surface area contributed by atoms with Crippen molar-refractivity contribution >= 4 is 5.91 Å². The predicted octanol–water partition coefficient (Wildman–Crippen LogP) is 0.735. The molecule has 0 bridgehead atoms. The van der Waals surface area contributed by atoms with Crippen LogP contribution in [0.4, 0.5) is 0 Å². The summed E-state index contributed by atoms with van der Waals surface area (Å²) in [6.07, 6.45) is 4.28. The SMILES string of the molecule is CC1CCCC1N1CC(N)CC1=O. The maximum atomic E-state index is 11.6. The van der Waals surface area contributed by atoms with Crippen molar-refractivity contribution in [2.24, 2.45) is 11.7 Å². The first-order valence-corrected chi connectivity index (χ1v) is 5.23. The van der Waals surface area contributed by atoms with E-state index in [4.69, 9.17) is 5.73 Å². The quantitative estimate of drug-likeness (QED) is 0.650. The smallest absolute Gasteiger partial charge is 0.224 e. The molecule has 3 unspecified atom stereocenters. The van der Waals surface area contributed by atoms with Crippen molar-refractivity contribution in [3.8, 4) is 0 Å². The Morgan fingerprint density at radius 3 is 2.69 bits per heavy atom. The maximum absolute atomic E-state index is 11.6. The summed E-state index contributed by atoms with van der Waals surface area (Å²) >= 11 is 0. The number of likely N-dealkylation sites (tertiary alicyclic amines) is 1. The largest absolute Gasteiger partial charge is 0.338 e. The summed E-state index contributed by atoms with van der Waals surface area (Å²) in [4.78, 5) is 13.6. The van der Waals surface area contributed by atoms with Crippen LogP contribution in [-0.2, 0) is 4.79 Å². The van der Waals surface area contributed by atoms with Gasteiger partial charge in [-0.25, -0.2) is 0 Å². The van der Waals surface area contributed by atoms with Gasteiger partial charge in [-0.15, -0.1) is 0 Å². The zero-order valence-electron chi connectivity index (χ0n) is 8.20. The predicted molar refractivity (Wildman–Crippen MR) is 51.1 cm³/mol. The average Bonchev–Trinajstić information content (AvgIpc) is 2.58. The van der Waals surface area contributed by atoms with E-state index in [2.05, 4.69) is 6.92 Å². The number of nitrogens with zero attached hydrogens (tertiary/aromatic N) is 1. The molecule has 0 radical (unpaired) electrons. The van der Waals surface area contributed by atoms with Gasteiger partial charge in [0.15, 0.2) is 0 Å². The van der Waals surface area contributed by atoms with Crippen molar-refractivity contribution in [3.05, 3.63) is 0 Å². The normalized spacial score (nSPS) is 40.3. The molecule has 13 heavy (non-hydrogen) atoms. The molecule has 2 rings (SSSR count). The summed E-state index contributed by atoms with van der Waals surface area (Å²) in [6.45, 7) is 3.03. The highest BCUT2D eigenvalue weighted by Gasteiger charge is 2.36. The molecule has 1 heterocycles. The van der Waals surface area contributed by atoms with E-state index in [1.807, 2.05) is 4.90 Å². The van der Waals surface area contributed by atoms with Gasteiger partial charge >= 0.3 is 0 Å². The molecular formula is C10H18N2O. The fourth-order valence-electron chi connectivity index (χ4n) is 2.67. The van der Waals surface area contributed by atoms with Gasteiger partial charge in [0.2, 0.25) is 5.91 Å². The molecule has 3 atom stereocenters. The molecule has 2 fully saturated rings. The number of hydrogen-bond acceptors (Lipinski definition) is 2. The van der Waals surface area contributed by atoms with E-state index < -0.39 is 0 Å². The minimum atomic E-state index is 0.0836. The number of carbonyl (C=O) groups excluding carboxylic acids is 1. The molecule has 2 N–H and O–H groups in total. The van der Waals surface area contributed by atoms with Crippen LogP contribution in [0, 0.1) is 5.92 Å². The van der Waals surface area contributed by atoms with Gasteiger partial charge in [0.05, 0.1) is 0 Å². The fraction of sp³-hybridized carbons (Fsp3) is 0.900. The first kappa shape index (κ1) is 9.00. The fourth-order valence-corrected chi connectivity index (χ4v) is 2.67. The summed E-state index contributed by atoms with van der Waals surface area (Å²) in [6, 6.07) is 0.571. The monoisotopic (exact) mass is 182 g/mol. The first-order chi connectivity index (χ1) is 6.18. The van der Waals surface area contributed by atoms with Crippen LogP contribution in [0.1, 0.15) is 32.6 Å². The summed E-state index contributed by atoms with van der Waals surface area (Å²) in [5, 5.41) is 0. The molecule has 1 amide bonds. The first-order valence-electron chi connectivity index (χ1n) is 5.23. The Morgan fingerprint density at radius 2 is 2.23 bits per heavy atom. The van der Waals surface area contributed by atoms with Gasteiger partial charge in [-0.3, -0.25) is 4.79 Å². The summed E-state index contributed by atoms with van der Waals surface area (Å²) < 4.78 is 0. The van der Waals surface area contributed by atoms with Crippen molar-refractivity contribution in [1.29, 1.82) is 0 Å². The van der Waals surface area contributed by atoms with Crippen LogP contribution in [-0.4, -0.2) is 29.4 Å². The highest BCUT2D eigenvalue weighted by molar-refractivity contribution is 5.79. The van der Waals surface area contributed by atoms with E-state index in [9.17, 15) is 4.79 Å². The van der Waals surface area contributed by atoms with Gasteiger partial charge in [-0.05, 0) is 18.8 Å². The van der Waals surface area contributed by atoms with Crippen LogP contribution < -0.4 is 5.73 Å². The molecule has 0 aromatic heterocycles. The van der Waals surface area contributed by atoms with E-state index in [0.717, 1.165) is 6.54 Å². The number of amides is 1. The van der Waals surface area contributed by atoms with E-state index >= 15 is 0 Å². The summed E-state index contributed by atoms with van der Waals surface area (Å²) in [5.74, 6) is 0.945. The van der Waals surface area contributed by atoms with E-state index in [-0.39, 0.29) is 11.9 Å². The molecule has 74 valence electrons. The van der Waals surface area contributed by atoms with E-state index in [0.29, 0.717) is 18.4 Å². The molecule has 0 spiro atoms. The summed E-state index contributed by atoms with van der Waals surface area (Å²) in [5.41, 5.74) is 5.77. The van der Waals surface area contributed by atoms with E-state index in [1.54, 1.807) is 0 Å². The maximum Gasteiger partial charge on any atom is 0.224 e. The molecule has 1 aliphatic heterocycles. The molecule has 0 aromatic rings. The van der Waals surface area contributed by atoms with Crippen LogP contribution in [0.25, 0.3) is 0 Å². The topological polar surface area (TPSA) is 46.3 Å². The van der Waals surface area contributed by atoms with Crippen LogP contribution in [0.5, 0.6) is 0 Å². The van der Waals surface area contributed by atoms with Gasteiger partial charge in [0.25, 0.3) is 0 Å². The summed E-state index contributed by atoms with van der Waals surface area (Å²) in [7, 11) is 0. The Balaban J connectivity index is 2.04. The lowest BCUT2D eigenvalue weighted by atomic mass is 10.1. The highest BCUT2D eigenvalue weighted by atomic mass is 16.2. The molecule has 1 aliphatic carbocycles. The Labute approximate surface area is 79.3 Å². The van der Waals surface area contributed by atoms with Gasteiger partial charge in [0, 0.05) is 25.0 Å². The van der Waals surface area contributed by atoms with Gasteiger partial charge < -0.3 is 10.6 Å². The molecule has 3 nitrogen and oxygen atoms in total. The lowest BCUT2D eigenvalue weighted by molar-refractivity contribution is -0.130. The van der Waals surface area contributed by atoms with Crippen LogP contribution in [0.15, 0.2) is 0 Å². The standard InChI is InChI=1S/C10H18N2O/c1-7-3-2-4-9(7)12-6-8(11)5-10(12)13/h7-9H,2-6,11H2,1H3. The molecule has 1 saturated carbocycles. The molecule has 1 saturated heterocycles. The Bertz CT molecular complexity index is 217. The van der Waals surface area contributed by atoms with Crippen molar-refractivity contribution in [2.45, 2.75) is 44.7 Å². The van der Waals surface area contributed by atoms with Crippen LogP contribution in [0.2, 0.25) is 0 Å². The van der Waals surface area contributed by atoms with Crippen LogP contribution >= 0.6 is 0 Å². The molecular weight excluding hydrogens is 164 g/mol. The zero-order valence-corrected chi connectivity index (χ0v) is 8.20. The minimum absolute atomic E-state index is 0.0836.